The van der Waals surface area contributed by atoms with Gasteiger partial charge in [0.1, 0.15) is 0 Å². The third-order valence-electron chi connectivity index (χ3n) is 4.36. The van der Waals surface area contributed by atoms with Gasteiger partial charge in [0, 0.05) is 38.8 Å². The van der Waals surface area contributed by atoms with Gasteiger partial charge in [-0.15, -0.1) is 0 Å². The molecule has 18 heavy (non-hydrogen) atoms. The number of rotatable bonds is 5. The Morgan fingerprint density at radius 3 is 2.61 bits per heavy atom. The van der Waals surface area contributed by atoms with Crippen molar-refractivity contribution in [2.24, 2.45) is 11.8 Å². The van der Waals surface area contributed by atoms with Gasteiger partial charge in [0.15, 0.2) is 0 Å². The summed E-state index contributed by atoms with van der Waals surface area (Å²) in [7, 11) is 0. The SMILES string of the molecule is CC1CC(C)CN(CCNC(C)C2CCCO2)C1. The van der Waals surface area contributed by atoms with E-state index in [2.05, 4.69) is 31.0 Å². The topological polar surface area (TPSA) is 24.5 Å². The van der Waals surface area contributed by atoms with Crippen LogP contribution in [-0.4, -0.2) is 49.8 Å². The van der Waals surface area contributed by atoms with Gasteiger partial charge in [-0.05, 0) is 38.0 Å². The number of nitrogens with zero attached hydrogens (tertiary/aromatic N) is 1. The number of hydrogen-bond acceptors (Lipinski definition) is 3. The molecule has 2 aliphatic rings. The first kappa shape index (κ1) is 14.3. The van der Waals surface area contributed by atoms with Crippen molar-refractivity contribution in [2.45, 2.75) is 52.2 Å². The van der Waals surface area contributed by atoms with Gasteiger partial charge in [-0.3, -0.25) is 0 Å². The smallest absolute Gasteiger partial charge is 0.0726 e. The zero-order chi connectivity index (χ0) is 13.0. The fourth-order valence-corrected chi connectivity index (χ4v) is 3.55. The first-order valence-electron chi connectivity index (χ1n) is 7.72. The molecule has 106 valence electrons. The Labute approximate surface area is 112 Å². The summed E-state index contributed by atoms with van der Waals surface area (Å²) in [5.74, 6) is 1.73. The Hall–Kier alpha value is -0.120. The van der Waals surface area contributed by atoms with E-state index in [0.29, 0.717) is 12.1 Å². The molecule has 0 aromatic rings. The highest BCUT2D eigenvalue weighted by Gasteiger charge is 2.23. The molecule has 0 saturated carbocycles. The molecule has 2 fully saturated rings. The van der Waals surface area contributed by atoms with E-state index < -0.39 is 0 Å². The average Bonchev–Trinajstić information content (AvgIpc) is 2.80. The quantitative estimate of drug-likeness (QED) is 0.813. The number of hydrogen-bond donors (Lipinski definition) is 1. The molecule has 0 amide bonds. The van der Waals surface area contributed by atoms with E-state index in [1.807, 2.05) is 0 Å². The van der Waals surface area contributed by atoms with E-state index in [1.165, 1.54) is 38.9 Å². The van der Waals surface area contributed by atoms with Crippen molar-refractivity contribution in [3.05, 3.63) is 0 Å². The third-order valence-corrected chi connectivity index (χ3v) is 4.36. The molecule has 0 aromatic heterocycles. The highest BCUT2D eigenvalue weighted by Crippen LogP contribution is 2.20. The zero-order valence-electron chi connectivity index (χ0n) is 12.3. The van der Waals surface area contributed by atoms with Gasteiger partial charge in [0.25, 0.3) is 0 Å². The lowest BCUT2D eigenvalue weighted by Gasteiger charge is -2.35. The predicted molar refractivity (Wildman–Crippen MR) is 75.8 cm³/mol. The van der Waals surface area contributed by atoms with Crippen molar-refractivity contribution >= 4 is 0 Å². The Balaban J connectivity index is 1.62. The van der Waals surface area contributed by atoms with Crippen LogP contribution in [0.2, 0.25) is 0 Å². The van der Waals surface area contributed by atoms with Crippen LogP contribution in [0.5, 0.6) is 0 Å². The molecule has 2 aliphatic heterocycles. The fraction of sp³-hybridized carbons (Fsp3) is 1.00. The summed E-state index contributed by atoms with van der Waals surface area (Å²) in [4.78, 5) is 2.62. The molecule has 0 aromatic carbocycles. The highest BCUT2D eigenvalue weighted by molar-refractivity contribution is 4.79. The van der Waals surface area contributed by atoms with Crippen molar-refractivity contribution in [1.29, 1.82) is 0 Å². The largest absolute Gasteiger partial charge is 0.377 e. The summed E-state index contributed by atoms with van der Waals surface area (Å²) in [5.41, 5.74) is 0. The Bertz CT molecular complexity index is 231. The number of likely N-dealkylation sites (tertiary alicyclic amines) is 1. The Morgan fingerprint density at radius 2 is 2.00 bits per heavy atom. The molecule has 0 spiro atoms. The van der Waals surface area contributed by atoms with E-state index in [4.69, 9.17) is 4.74 Å². The molecule has 2 saturated heterocycles. The average molecular weight is 254 g/mol. The van der Waals surface area contributed by atoms with Crippen molar-refractivity contribution in [2.75, 3.05) is 32.8 Å². The number of ether oxygens (including phenoxy) is 1. The van der Waals surface area contributed by atoms with Gasteiger partial charge < -0.3 is 15.0 Å². The van der Waals surface area contributed by atoms with E-state index in [9.17, 15) is 0 Å². The summed E-state index contributed by atoms with van der Waals surface area (Å²) in [6, 6.07) is 0.507. The lowest BCUT2D eigenvalue weighted by atomic mass is 9.92. The number of nitrogens with one attached hydrogen (secondary N) is 1. The number of piperidine rings is 1. The molecule has 0 bridgehead atoms. The molecule has 0 aliphatic carbocycles. The highest BCUT2D eigenvalue weighted by atomic mass is 16.5. The molecule has 4 unspecified atom stereocenters. The Morgan fingerprint density at radius 1 is 1.28 bits per heavy atom. The lowest BCUT2D eigenvalue weighted by molar-refractivity contribution is 0.0805. The van der Waals surface area contributed by atoms with Crippen LogP contribution in [0.15, 0.2) is 0 Å². The van der Waals surface area contributed by atoms with Gasteiger partial charge in [-0.1, -0.05) is 13.8 Å². The van der Waals surface area contributed by atoms with Crippen molar-refractivity contribution in [1.82, 2.24) is 10.2 Å². The molecular formula is C15H30N2O. The summed E-state index contributed by atoms with van der Waals surface area (Å²) in [6.07, 6.45) is 4.31. The van der Waals surface area contributed by atoms with E-state index in [1.54, 1.807) is 0 Å². The molecule has 2 rings (SSSR count). The lowest BCUT2D eigenvalue weighted by Crippen LogP contribution is -2.45. The fourth-order valence-electron chi connectivity index (χ4n) is 3.55. The minimum absolute atomic E-state index is 0.448. The van der Waals surface area contributed by atoms with Gasteiger partial charge in [0.05, 0.1) is 6.10 Å². The molecular weight excluding hydrogens is 224 g/mol. The maximum atomic E-state index is 5.72. The third kappa shape index (κ3) is 4.22. The second kappa shape index (κ2) is 6.88. The predicted octanol–water partition coefficient (Wildman–Crippen LogP) is 2.12. The molecule has 0 radical (unpaired) electrons. The van der Waals surface area contributed by atoms with Crippen LogP contribution in [-0.2, 0) is 4.74 Å². The summed E-state index contributed by atoms with van der Waals surface area (Å²) < 4.78 is 5.72. The van der Waals surface area contributed by atoms with Gasteiger partial charge in [-0.2, -0.15) is 0 Å². The molecule has 3 heteroatoms. The standard InChI is InChI=1S/C15H30N2O/c1-12-9-13(2)11-17(10-12)7-6-16-14(3)15-5-4-8-18-15/h12-16H,4-11H2,1-3H3. The van der Waals surface area contributed by atoms with Crippen LogP contribution >= 0.6 is 0 Å². The first-order valence-corrected chi connectivity index (χ1v) is 7.72. The van der Waals surface area contributed by atoms with Crippen molar-refractivity contribution < 1.29 is 4.74 Å². The molecule has 2 heterocycles. The minimum Gasteiger partial charge on any atom is -0.377 e. The normalized spacial score (nSPS) is 35.8. The minimum atomic E-state index is 0.448. The first-order chi connectivity index (χ1) is 8.65. The summed E-state index contributed by atoms with van der Waals surface area (Å²) in [6.45, 7) is 12.8. The monoisotopic (exact) mass is 254 g/mol. The van der Waals surface area contributed by atoms with Gasteiger partial charge in [0.2, 0.25) is 0 Å². The van der Waals surface area contributed by atoms with Crippen LogP contribution in [0.1, 0.15) is 40.0 Å². The van der Waals surface area contributed by atoms with Crippen LogP contribution in [0, 0.1) is 11.8 Å². The second-order valence-corrected chi connectivity index (χ2v) is 6.50. The zero-order valence-corrected chi connectivity index (χ0v) is 12.3. The van der Waals surface area contributed by atoms with E-state index in [-0.39, 0.29) is 0 Å². The maximum absolute atomic E-state index is 5.72. The van der Waals surface area contributed by atoms with Crippen LogP contribution in [0.4, 0.5) is 0 Å². The van der Waals surface area contributed by atoms with E-state index in [0.717, 1.165) is 25.0 Å². The maximum Gasteiger partial charge on any atom is 0.0726 e. The van der Waals surface area contributed by atoms with Crippen molar-refractivity contribution in [3.8, 4) is 0 Å². The van der Waals surface area contributed by atoms with E-state index >= 15 is 0 Å². The summed E-state index contributed by atoms with van der Waals surface area (Å²) >= 11 is 0. The van der Waals surface area contributed by atoms with Crippen LogP contribution in [0.3, 0.4) is 0 Å². The van der Waals surface area contributed by atoms with Crippen molar-refractivity contribution in [3.63, 3.8) is 0 Å². The van der Waals surface area contributed by atoms with Gasteiger partial charge >= 0.3 is 0 Å². The second-order valence-electron chi connectivity index (χ2n) is 6.50. The summed E-state index contributed by atoms with van der Waals surface area (Å²) in [5, 5.41) is 3.63. The van der Waals surface area contributed by atoms with Gasteiger partial charge in [-0.25, -0.2) is 0 Å². The Kier molecular flexibility index (Phi) is 5.46. The van der Waals surface area contributed by atoms with Crippen LogP contribution in [0.25, 0.3) is 0 Å². The molecule has 3 nitrogen and oxygen atoms in total. The van der Waals surface area contributed by atoms with Crippen LogP contribution < -0.4 is 5.32 Å². The molecule has 4 atom stereocenters. The molecule has 1 N–H and O–H groups in total.